The van der Waals surface area contributed by atoms with E-state index in [4.69, 9.17) is 4.74 Å². The molecule has 0 aliphatic heterocycles. The predicted molar refractivity (Wildman–Crippen MR) is 70.8 cm³/mol. The molecule has 4 nitrogen and oxygen atoms in total. The Bertz CT molecular complexity index is 578. The first-order valence-electron chi connectivity index (χ1n) is 5.69. The minimum atomic E-state index is -0.475. The molecule has 2 heterocycles. The van der Waals surface area contributed by atoms with Crippen LogP contribution in [0.2, 0.25) is 0 Å². The normalized spacial score (nSPS) is 10.4. The SMILES string of the molecule is CCOC(=O)c1nc(C)cc(-c2sccc2C)n1. The lowest BCUT2D eigenvalue weighted by Crippen LogP contribution is -2.11. The smallest absolute Gasteiger partial charge is 0.376 e. The van der Waals surface area contributed by atoms with E-state index < -0.39 is 5.97 Å². The van der Waals surface area contributed by atoms with Gasteiger partial charge in [-0.25, -0.2) is 14.8 Å². The second-order valence-electron chi connectivity index (χ2n) is 3.87. The Kier molecular flexibility index (Phi) is 3.72. The van der Waals surface area contributed by atoms with E-state index in [1.807, 2.05) is 31.4 Å². The zero-order valence-corrected chi connectivity index (χ0v) is 11.4. The molecule has 0 atom stereocenters. The highest BCUT2D eigenvalue weighted by atomic mass is 32.1. The van der Waals surface area contributed by atoms with Crippen LogP contribution >= 0.6 is 11.3 Å². The fraction of sp³-hybridized carbons (Fsp3) is 0.308. The highest BCUT2D eigenvalue weighted by molar-refractivity contribution is 7.13. The van der Waals surface area contributed by atoms with Crippen molar-refractivity contribution in [3.8, 4) is 10.6 Å². The van der Waals surface area contributed by atoms with Crippen molar-refractivity contribution in [3.05, 3.63) is 34.6 Å². The molecule has 0 unspecified atom stereocenters. The number of carbonyl (C=O) groups is 1. The van der Waals surface area contributed by atoms with E-state index in [9.17, 15) is 4.79 Å². The van der Waals surface area contributed by atoms with E-state index in [-0.39, 0.29) is 5.82 Å². The van der Waals surface area contributed by atoms with Crippen LogP contribution in [0, 0.1) is 13.8 Å². The van der Waals surface area contributed by atoms with Gasteiger partial charge in [0.15, 0.2) is 0 Å². The zero-order valence-electron chi connectivity index (χ0n) is 10.6. The van der Waals surface area contributed by atoms with Crippen molar-refractivity contribution in [3.63, 3.8) is 0 Å². The number of carbonyl (C=O) groups excluding carboxylic acids is 1. The van der Waals surface area contributed by atoms with E-state index in [0.717, 1.165) is 21.8 Å². The molecular weight excluding hydrogens is 248 g/mol. The van der Waals surface area contributed by atoms with Crippen molar-refractivity contribution in [2.75, 3.05) is 6.61 Å². The van der Waals surface area contributed by atoms with Crippen LogP contribution < -0.4 is 0 Å². The molecule has 0 amide bonds. The number of rotatable bonds is 3. The van der Waals surface area contributed by atoms with Crippen LogP contribution in [0.15, 0.2) is 17.5 Å². The fourth-order valence-corrected chi connectivity index (χ4v) is 2.49. The second-order valence-corrected chi connectivity index (χ2v) is 4.79. The third-order valence-electron chi connectivity index (χ3n) is 2.41. The number of hydrogen-bond donors (Lipinski definition) is 0. The average Bonchev–Trinajstić information content (AvgIpc) is 2.75. The summed E-state index contributed by atoms with van der Waals surface area (Å²) in [7, 11) is 0. The van der Waals surface area contributed by atoms with Gasteiger partial charge in [0.1, 0.15) is 0 Å². The van der Waals surface area contributed by atoms with Gasteiger partial charge in [-0.05, 0) is 43.8 Å². The molecule has 0 saturated heterocycles. The predicted octanol–water partition coefficient (Wildman–Crippen LogP) is 3.00. The van der Waals surface area contributed by atoms with Crippen molar-refractivity contribution in [1.29, 1.82) is 0 Å². The summed E-state index contributed by atoms with van der Waals surface area (Å²) < 4.78 is 4.92. The maximum atomic E-state index is 11.7. The Balaban J connectivity index is 2.44. The molecule has 2 aromatic rings. The van der Waals surface area contributed by atoms with Gasteiger partial charge >= 0.3 is 5.97 Å². The third-order valence-corrected chi connectivity index (χ3v) is 3.45. The molecular formula is C13H14N2O2S. The highest BCUT2D eigenvalue weighted by Crippen LogP contribution is 2.27. The molecule has 0 spiro atoms. The van der Waals surface area contributed by atoms with Crippen molar-refractivity contribution < 1.29 is 9.53 Å². The minimum Gasteiger partial charge on any atom is -0.460 e. The number of aryl methyl sites for hydroxylation is 2. The number of hydrogen-bond acceptors (Lipinski definition) is 5. The van der Waals surface area contributed by atoms with Gasteiger partial charge in [0.05, 0.1) is 17.2 Å². The number of nitrogens with zero attached hydrogens (tertiary/aromatic N) is 2. The second kappa shape index (κ2) is 5.27. The first-order chi connectivity index (χ1) is 8.61. The fourth-order valence-electron chi connectivity index (χ4n) is 1.61. The van der Waals surface area contributed by atoms with E-state index in [1.54, 1.807) is 18.3 Å². The molecule has 2 aromatic heterocycles. The van der Waals surface area contributed by atoms with Gasteiger partial charge in [0.25, 0.3) is 0 Å². The maximum Gasteiger partial charge on any atom is 0.376 e. The highest BCUT2D eigenvalue weighted by Gasteiger charge is 2.14. The van der Waals surface area contributed by atoms with Crippen molar-refractivity contribution in [1.82, 2.24) is 9.97 Å². The molecule has 0 aromatic carbocycles. The standard InChI is InChI=1S/C13H14N2O2S/c1-4-17-13(16)12-14-9(3)7-10(15-12)11-8(2)5-6-18-11/h5-7H,4H2,1-3H3. The van der Waals surface area contributed by atoms with Gasteiger partial charge in [-0.15, -0.1) is 11.3 Å². The molecule has 0 fully saturated rings. The van der Waals surface area contributed by atoms with E-state index in [1.165, 1.54) is 0 Å². The summed E-state index contributed by atoms with van der Waals surface area (Å²) in [6.07, 6.45) is 0. The van der Waals surface area contributed by atoms with Gasteiger partial charge in [-0.2, -0.15) is 0 Å². The van der Waals surface area contributed by atoms with E-state index in [0.29, 0.717) is 6.61 Å². The lowest BCUT2D eigenvalue weighted by molar-refractivity contribution is 0.0512. The molecule has 0 radical (unpaired) electrons. The Morgan fingerprint density at radius 2 is 2.17 bits per heavy atom. The summed E-state index contributed by atoms with van der Waals surface area (Å²) in [5.74, 6) is -0.351. The number of aromatic nitrogens is 2. The van der Waals surface area contributed by atoms with Crippen LogP contribution in [0.25, 0.3) is 10.6 Å². The minimum absolute atomic E-state index is 0.125. The van der Waals surface area contributed by atoms with Crippen LogP contribution in [0.3, 0.4) is 0 Å². The van der Waals surface area contributed by atoms with Crippen molar-refractivity contribution in [2.45, 2.75) is 20.8 Å². The molecule has 0 saturated carbocycles. The maximum absolute atomic E-state index is 11.7. The summed E-state index contributed by atoms with van der Waals surface area (Å²) in [6.45, 7) is 5.95. The molecule has 0 aliphatic rings. The molecule has 0 N–H and O–H groups in total. The number of esters is 1. The molecule has 94 valence electrons. The average molecular weight is 262 g/mol. The molecule has 2 rings (SSSR count). The number of ether oxygens (including phenoxy) is 1. The first-order valence-corrected chi connectivity index (χ1v) is 6.57. The third kappa shape index (κ3) is 2.56. The van der Waals surface area contributed by atoms with E-state index in [2.05, 4.69) is 9.97 Å². The molecule has 18 heavy (non-hydrogen) atoms. The summed E-state index contributed by atoms with van der Waals surface area (Å²) in [6, 6.07) is 3.91. The number of thiophene rings is 1. The molecule has 0 bridgehead atoms. The van der Waals surface area contributed by atoms with Crippen LogP contribution in [-0.4, -0.2) is 22.5 Å². The van der Waals surface area contributed by atoms with Crippen LogP contribution in [0.4, 0.5) is 0 Å². The molecule has 0 aliphatic carbocycles. The monoisotopic (exact) mass is 262 g/mol. The van der Waals surface area contributed by atoms with Crippen LogP contribution in [0.5, 0.6) is 0 Å². The van der Waals surface area contributed by atoms with E-state index >= 15 is 0 Å². The van der Waals surface area contributed by atoms with Crippen molar-refractivity contribution >= 4 is 17.3 Å². The lowest BCUT2D eigenvalue weighted by atomic mass is 10.2. The Morgan fingerprint density at radius 3 is 2.78 bits per heavy atom. The summed E-state index contributed by atoms with van der Waals surface area (Å²) in [5, 5.41) is 2.01. The van der Waals surface area contributed by atoms with Gasteiger partial charge in [0, 0.05) is 5.69 Å². The van der Waals surface area contributed by atoms with Gasteiger partial charge in [-0.3, -0.25) is 0 Å². The van der Waals surface area contributed by atoms with Gasteiger partial charge in [0.2, 0.25) is 5.82 Å². The quantitative estimate of drug-likeness (QED) is 0.798. The largest absolute Gasteiger partial charge is 0.460 e. The van der Waals surface area contributed by atoms with Gasteiger partial charge in [-0.1, -0.05) is 0 Å². The first kappa shape index (κ1) is 12.7. The summed E-state index contributed by atoms with van der Waals surface area (Å²) >= 11 is 1.60. The zero-order chi connectivity index (χ0) is 13.1. The Morgan fingerprint density at radius 1 is 1.39 bits per heavy atom. The van der Waals surface area contributed by atoms with Crippen LogP contribution in [-0.2, 0) is 4.74 Å². The van der Waals surface area contributed by atoms with Crippen molar-refractivity contribution in [2.24, 2.45) is 0 Å². The van der Waals surface area contributed by atoms with Gasteiger partial charge < -0.3 is 4.74 Å². The summed E-state index contributed by atoms with van der Waals surface area (Å²) in [5.41, 5.74) is 2.68. The Labute approximate surface area is 110 Å². The molecule has 5 heteroatoms. The topological polar surface area (TPSA) is 52.1 Å². The Hall–Kier alpha value is -1.75. The lowest BCUT2D eigenvalue weighted by Gasteiger charge is -2.05. The van der Waals surface area contributed by atoms with Crippen LogP contribution in [0.1, 0.15) is 28.8 Å². The summed E-state index contributed by atoms with van der Waals surface area (Å²) in [4.78, 5) is 21.1.